The zero-order chi connectivity index (χ0) is 46.1. The molecule has 0 saturated heterocycles. The van der Waals surface area contributed by atoms with Crippen molar-refractivity contribution in [2.75, 3.05) is 0 Å². The van der Waals surface area contributed by atoms with E-state index in [0.717, 1.165) is 66.8 Å². The van der Waals surface area contributed by atoms with Gasteiger partial charge >= 0.3 is 0 Å². The molecule has 326 valence electrons. The van der Waals surface area contributed by atoms with Crippen molar-refractivity contribution in [2.45, 2.75) is 0 Å². The molecule has 5 heteroatoms. The minimum atomic E-state index is 0.608. The first-order chi connectivity index (χ1) is 34.6. The summed E-state index contributed by atoms with van der Waals surface area (Å²) in [6.07, 6.45) is 0. The summed E-state index contributed by atoms with van der Waals surface area (Å²) >= 11 is 1.83. The van der Waals surface area contributed by atoms with Crippen LogP contribution in [0.15, 0.2) is 243 Å². The van der Waals surface area contributed by atoms with Crippen LogP contribution in [0.25, 0.3) is 137 Å². The topological polar surface area (TPSA) is 43.6 Å². The van der Waals surface area contributed by atoms with Gasteiger partial charge in [-0.3, -0.25) is 0 Å². The standard InChI is InChI=1S/C65H40N4S/c1-3-13-41(14-4-1)43-23-27-45(28-24-43)63-66-64(46-29-25-44(26-30-46)42-15-5-2-6-16-42)68-65(67-63)55-34-32-52(40-56(55)51-31-33-54-53-21-11-12-22-61(53)70-62(54)39-51)69-59-37-49-19-9-7-17-47(49)35-57(59)58-36-48-18-8-10-20-50(48)38-60(58)69/h1-40H. The number of hydrogen-bond acceptors (Lipinski definition) is 4. The Morgan fingerprint density at radius 1 is 0.271 bits per heavy atom. The maximum Gasteiger partial charge on any atom is 0.164 e. The van der Waals surface area contributed by atoms with Gasteiger partial charge in [0.05, 0.1) is 11.0 Å². The van der Waals surface area contributed by atoms with Gasteiger partial charge in [0.1, 0.15) is 0 Å². The zero-order valence-electron chi connectivity index (χ0n) is 37.8. The lowest BCUT2D eigenvalue weighted by molar-refractivity contribution is 1.07. The molecule has 0 unspecified atom stereocenters. The molecule has 0 fully saturated rings. The van der Waals surface area contributed by atoms with E-state index in [-0.39, 0.29) is 0 Å². The molecule has 14 rings (SSSR count). The number of aromatic nitrogens is 4. The maximum atomic E-state index is 5.38. The van der Waals surface area contributed by atoms with E-state index in [2.05, 4.69) is 235 Å². The summed E-state index contributed by atoms with van der Waals surface area (Å²) in [7, 11) is 0. The van der Waals surface area contributed by atoms with Crippen molar-refractivity contribution in [1.82, 2.24) is 19.5 Å². The fourth-order valence-electron chi connectivity index (χ4n) is 10.3. The fourth-order valence-corrected chi connectivity index (χ4v) is 11.4. The Bertz CT molecular complexity index is 4130. The second-order valence-corrected chi connectivity index (χ2v) is 19.1. The van der Waals surface area contributed by atoms with Crippen molar-refractivity contribution in [3.63, 3.8) is 0 Å². The third-order valence-corrected chi connectivity index (χ3v) is 15.0. The van der Waals surface area contributed by atoms with Gasteiger partial charge in [0.15, 0.2) is 17.5 Å². The highest BCUT2D eigenvalue weighted by Gasteiger charge is 2.21. The fraction of sp³-hybridized carbons (Fsp3) is 0. The van der Waals surface area contributed by atoms with Gasteiger partial charge in [0.2, 0.25) is 0 Å². The van der Waals surface area contributed by atoms with Crippen LogP contribution in [-0.4, -0.2) is 19.5 Å². The number of hydrogen-bond donors (Lipinski definition) is 0. The van der Waals surface area contributed by atoms with Crippen LogP contribution in [-0.2, 0) is 0 Å². The van der Waals surface area contributed by atoms with E-state index in [1.807, 2.05) is 23.5 Å². The molecule has 0 bridgehead atoms. The second-order valence-electron chi connectivity index (χ2n) is 18.0. The summed E-state index contributed by atoms with van der Waals surface area (Å²) in [5, 5.41) is 9.83. The smallest absolute Gasteiger partial charge is 0.164 e. The van der Waals surface area contributed by atoms with Crippen LogP contribution in [0, 0.1) is 0 Å². The van der Waals surface area contributed by atoms with Gasteiger partial charge in [-0.1, -0.05) is 188 Å². The first-order valence-corrected chi connectivity index (χ1v) is 24.5. The lowest BCUT2D eigenvalue weighted by Gasteiger charge is -2.16. The average molecular weight is 909 g/mol. The molecule has 3 heterocycles. The van der Waals surface area contributed by atoms with Crippen LogP contribution in [0.5, 0.6) is 0 Å². The van der Waals surface area contributed by atoms with Gasteiger partial charge < -0.3 is 4.57 Å². The van der Waals surface area contributed by atoms with E-state index < -0.39 is 0 Å². The predicted octanol–water partition coefficient (Wildman–Crippen LogP) is 17.6. The Hall–Kier alpha value is -9.03. The minimum absolute atomic E-state index is 0.608. The van der Waals surface area contributed by atoms with Crippen LogP contribution < -0.4 is 0 Å². The second kappa shape index (κ2) is 16.3. The third-order valence-electron chi connectivity index (χ3n) is 13.8. The van der Waals surface area contributed by atoms with E-state index in [1.165, 1.54) is 52.5 Å². The maximum absolute atomic E-state index is 5.38. The van der Waals surface area contributed by atoms with Crippen LogP contribution in [0.3, 0.4) is 0 Å². The molecule has 0 radical (unpaired) electrons. The van der Waals surface area contributed by atoms with Crippen LogP contribution in [0.2, 0.25) is 0 Å². The molecular formula is C65H40N4S. The number of fused-ring (bicyclic) bond motifs is 8. The summed E-state index contributed by atoms with van der Waals surface area (Å²) in [4.78, 5) is 16.0. The van der Waals surface area contributed by atoms with Crippen molar-refractivity contribution in [3.05, 3.63) is 243 Å². The molecule has 70 heavy (non-hydrogen) atoms. The first kappa shape index (κ1) is 40.1. The highest BCUT2D eigenvalue weighted by atomic mass is 32.1. The highest BCUT2D eigenvalue weighted by molar-refractivity contribution is 7.25. The number of benzene rings is 11. The molecule has 14 aromatic rings. The summed E-state index contributed by atoms with van der Waals surface area (Å²) in [6.45, 7) is 0. The van der Waals surface area contributed by atoms with Crippen molar-refractivity contribution >= 4 is 74.9 Å². The normalized spacial score (nSPS) is 11.7. The largest absolute Gasteiger partial charge is 0.309 e. The monoisotopic (exact) mass is 908 g/mol. The minimum Gasteiger partial charge on any atom is -0.309 e. The Morgan fingerprint density at radius 3 is 1.29 bits per heavy atom. The van der Waals surface area contributed by atoms with Crippen molar-refractivity contribution in [2.24, 2.45) is 0 Å². The van der Waals surface area contributed by atoms with Gasteiger partial charge in [-0.25, -0.2) is 15.0 Å². The molecule has 0 amide bonds. The van der Waals surface area contributed by atoms with Crippen molar-refractivity contribution < 1.29 is 0 Å². The van der Waals surface area contributed by atoms with Gasteiger partial charge in [0.25, 0.3) is 0 Å². The van der Waals surface area contributed by atoms with E-state index in [4.69, 9.17) is 15.0 Å². The molecule has 4 nitrogen and oxygen atoms in total. The van der Waals surface area contributed by atoms with Crippen molar-refractivity contribution in [3.8, 4) is 73.2 Å². The number of rotatable bonds is 7. The van der Waals surface area contributed by atoms with Crippen molar-refractivity contribution in [1.29, 1.82) is 0 Å². The van der Waals surface area contributed by atoms with Gasteiger partial charge in [-0.2, -0.15) is 0 Å². The van der Waals surface area contributed by atoms with Gasteiger partial charge in [0, 0.05) is 53.3 Å². The Labute approximate surface area is 408 Å². The summed E-state index contributed by atoms with van der Waals surface area (Å²) in [5.74, 6) is 1.84. The molecule has 11 aromatic carbocycles. The van der Waals surface area contributed by atoms with Crippen LogP contribution >= 0.6 is 11.3 Å². The van der Waals surface area contributed by atoms with E-state index in [0.29, 0.717) is 17.5 Å². The lowest BCUT2D eigenvalue weighted by atomic mass is 9.97. The number of thiophene rings is 1. The molecule has 0 N–H and O–H groups in total. The zero-order valence-corrected chi connectivity index (χ0v) is 38.6. The van der Waals surface area contributed by atoms with Gasteiger partial charge in [-0.15, -0.1) is 11.3 Å². The van der Waals surface area contributed by atoms with E-state index in [1.54, 1.807) is 0 Å². The molecule has 0 aliphatic carbocycles. The quantitative estimate of drug-likeness (QED) is 0.160. The van der Waals surface area contributed by atoms with Crippen LogP contribution in [0.1, 0.15) is 0 Å². The first-order valence-electron chi connectivity index (χ1n) is 23.7. The average Bonchev–Trinajstić information content (AvgIpc) is 3.96. The molecule has 3 aromatic heterocycles. The highest BCUT2D eigenvalue weighted by Crippen LogP contribution is 2.43. The summed E-state index contributed by atoms with van der Waals surface area (Å²) in [5.41, 5.74) is 12.9. The SMILES string of the molecule is c1ccc(-c2ccc(-c3nc(-c4ccc(-c5ccccc5)cc4)nc(-c4ccc(-n5c6cc7ccccc7cc6c6cc7ccccc7cc65)cc4-c4ccc5c(c4)sc4ccccc45)n3)cc2)cc1. The third kappa shape index (κ3) is 6.86. The van der Waals surface area contributed by atoms with Gasteiger partial charge in [-0.05, 0) is 110 Å². The van der Waals surface area contributed by atoms with E-state index >= 15 is 0 Å². The molecule has 0 atom stereocenters. The molecule has 0 aliphatic rings. The van der Waals surface area contributed by atoms with Crippen LogP contribution in [0.4, 0.5) is 0 Å². The predicted molar refractivity (Wildman–Crippen MR) is 295 cm³/mol. The van der Waals surface area contributed by atoms with E-state index in [9.17, 15) is 0 Å². The lowest BCUT2D eigenvalue weighted by Crippen LogP contribution is -2.02. The number of nitrogens with zero attached hydrogens (tertiary/aromatic N) is 4. The molecule has 0 saturated carbocycles. The molecular weight excluding hydrogens is 869 g/mol. The summed E-state index contributed by atoms with van der Waals surface area (Å²) < 4.78 is 4.96. The Balaban J connectivity index is 1.01. The molecule has 0 spiro atoms. The Kier molecular flexibility index (Phi) is 9.36. The summed E-state index contributed by atoms with van der Waals surface area (Å²) in [6, 6.07) is 87.2. The Morgan fingerprint density at radius 2 is 0.714 bits per heavy atom. The molecule has 0 aliphatic heterocycles.